The van der Waals surface area contributed by atoms with Crippen molar-refractivity contribution in [3.63, 3.8) is 0 Å². The molecule has 0 saturated heterocycles. The molecule has 0 radical (unpaired) electrons. The second-order valence-corrected chi connectivity index (χ2v) is 6.10. The number of hydrogen-bond acceptors (Lipinski definition) is 2. The van der Waals surface area contributed by atoms with Crippen LogP contribution in [0.25, 0.3) is 0 Å². The SMILES string of the molecule is CC(C)N(Cc1cccc(Cl)c1)C(=O)Cc1ccc(N)cc1. The van der Waals surface area contributed by atoms with Crippen molar-refractivity contribution in [2.75, 3.05) is 5.73 Å². The van der Waals surface area contributed by atoms with Gasteiger partial charge in [-0.25, -0.2) is 0 Å². The third-order valence-corrected chi connectivity index (χ3v) is 3.76. The molecule has 0 heterocycles. The maximum absolute atomic E-state index is 12.6. The summed E-state index contributed by atoms with van der Waals surface area (Å²) in [7, 11) is 0. The molecule has 2 aromatic rings. The van der Waals surface area contributed by atoms with Crippen molar-refractivity contribution in [1.82, 2.24) is 4.90 Å². The Labute approximate surface area is 136 Å². The minimum absolute atomic E-state index is 0.0970. The van der Waals surface area contributed by atoms with Crippen LogP contribution in [0.3, 0.4) is 0 Å². The summed E-state index contributed by atoms with van der Waals surface area (Å²) in [5, 5.41) is 0.687. The lowest BCUT2D eigenvalue weighted by atomic mass is 10.1. The molecule has 2 aromatic carbocycles. The fourth-order valence-electron chi connectivity index (χ4n) is 2.30. The number of carbonyl (C=O) groups excluding carboxylic acids is 1. The van der Waals surface area contributed by atoms with Crippen LogP contribution in [0.5, 0.6) is 0 Å². The fourth-order valence-corrected chi connectivity index (χ4v) is 2.52. The van der Waals surface area contributed by atoms with Crippen molar-refractivity contribution in [2.45, 2.75) is 32.9 Å². The Kier molecular flexibility index (Phi) is 5.45. The number of nitrogens with zero attached hydrogens (tertiary/aromatic N) is 1. The van der Waals surface area contributed by atoms with Crippen molar-refractivity contribution >= 4 is 23.2 Å². The Balaban J connectivity index is 2.10. The van der Waals surface area contributed by atoms with Gasteiger partial charge in [0, 0.05) is 23.3 Å². The van der Waals surface area contributed by atoms with E-state index < -0.39 is 0 Å². The zero-order valence-electron chi connectivity index (χ0n) is 12.9. The van der Waals surface area contributed by atoms with Gasteiger partial charge in [-0.2, -0.15) is 0 Å². The van der Waals surface area contributed by atoms with Crippen LogP contribution in [0.15, 0.2) is 48.5 Å². The van der Waals surface area contributed by atoms with Crippen molar-refractivity contribution < 1.29 is 4.79 Å². The Morgan fingerprint density at radius 1 is 1.14 bits per heavy atom. The van der Waals surface area contributed by atoms with Crippen molar-refractivity contribution in [2.24, 2.45) is 0 Å². The predicted octanol–water partition coefficient (Wildman–Crippen LogP) is 3.90. The summed E-state index contributed by atoms with van der Waals surface area (Å²) < 4.78 is 0. The molecule has 2 rings (SSSR count). The Morgan fingerprint density at radius 3 is 2.41 bits per heavy atom. The number of anilines is 1. The molecule has 3 nitrogen and oxygen atoms in total. The molecule has 0 fully saturated rings. The highest BCUT2D eigenvalue weighted by molar-refractivity contribution is 6.30. The molecular formula is C18H21ClN2O. The number of carbonyl (C=O) groups is 1. The van der Waals surface area contributed by atoms with Gasteiger partial charge < -0.3 is 10.6 Å². The van der Waals surface area contributed by atoms with Crippen molar-refractivity contribution in [3.8, 4) is 0 Å². The zero-order chi connectivity index (χ0) is 16.1. The summed E-state index contributed by atoms with van der Waals surface area (Å²) in [6.07, 6.45) is 0.374. The van der Waals surface area contributed by atoms with Crippen LogP contribution in [0.1, 0.15) is 25.0 Å². The average molecular weight is 317 g/mol. The molecule has 0 unspecified atom stereocenters. The maximum Gasteiger partial charge on any atom is 0.227 e. The molecule has 0 aliphatic carbocycles. The number of rotatable bonds is 5. The van der Waals surface area contributed by atoms with E-state index in [9.17, 15) is 4.79 Å². The molecule has 0 aliphatic rings. The van der Waals surface area contributed by atoms with Crippen LogP contribution in [0, 0.1) is 0 Å². The molecule has 2 N–H and O–H groups in total. The smallest absolute Gasteiger partial charge is 0.227 e. The van der Waals surface area contributed by atoms with E-state index in [2.05, 4.69) is 0 Å². The van der Waals surface area contributed by atoms with E-state index >= 15 is 0 Å². The Bertz CT molecular complexity index is 638. The third-order valence-electron chi connectivity index (χ3n) is 3.52. The molecule has 0 spiro atoms. The monoisotopic (exact) mass is 316 g/mol. The average Bonchev–Trinajstić information content (AvgIpc) is 2.47. The first-order valence-corrected chi connectivity index (χ1v) is 7.72. The molecule has 116 valence electrons. The maximum atomic E-state index is 12.6. The second-order valence-electron chi connectivity index (χ2n) is 5.66. The summed E-state index contributed by atoms with van der Waals surface area (Å²) in [6, 6.07) is 15.2. The summed E-state index contributed by atoms with van der Waals surface area (Å²) >= 11 is 6.02. The van der Waals surface area contributed by atoms with E-state index in [1.165, 1.54) is 0 Å². The highest BCUT2D eigenvalue weighted by Gasteiger charge is 2.17. The fraction of sp³-hybridized carbons (Fsp3) is 0.278. The van der Waals surface area contributed by atoms with Crippen LogP contribution in [-0.4, -0.2) is 16.8 Å². The van der Waals surface area contributed by atoms with E-state index in [0.29, 0.717) is 23.7 Å². The molecular weight excluding hydrogens is 296 g/mol. The lowest BCUT2D eigenvalue weighted by molar-refractivity contribution is -0.132. The largest absolute Gasteiger partial charge is 0.399 e. The summed E-state index contributed by atoms with van der Waals surface area (Å²) in [5.74, 6) is 0.0970. The first kappa shape index (κ1) is 16.4. The molecule has 4 heteroatoms. The van der Waals surface area contributed by atoms with Gasteiger partial charge >= 0.3 is 0 Å². The normalized spacial score (nSPS) is 10.7. The minimum atomic E-state index is 0.0970. The van der Waals surface area contributed by atoms with Gasteiger partial charge in [-0.05, 0) is 49.2 Å². The van der Waals surface area contributed by atoms with Crippen LogP contribution in [0.4, 0.5) is 5.69 Å². The van der Waals surface area contributed by atoms with E-state index in [4.69, 9.17) is 17.3 Å². The Hall–Kier alpha value is -2.00. The molecule has 0 aliphatic heterocycles. The predicted molar refractivity (Wildman–Crippen MR) is 91.7 cm³/mol. The summed E-state index contributed by atoms with van der Waals surface area (Å²) in [6.45, 7) is 4.60. The first-order valence-electron chi connectivity index (χ1n) is 7.34. The molecule has 22 heavy (non-hydrogen) atoms. The molecule has 0 atom stereocenters. The summed E-state index contributed by atoms with van der Waals surface area (Å²) in [5.41, 5.74) is 8.38. The standard InChI is InChI=1S/C18H21ClN2O/c1-13(2)21(12-15-4-3-5-16(19)10-15)18(22)11-14-6-8-17(20)9-7-14/h3-10,13H,11-12,20H2,1-2H3. The van der Waals surface area contributed by atoms with E-state index in [1.54, 1.807) is 0 Å². The van der Waals surface area contributed by atoms with E-state index in [1.807, 2.05) is 67.3 Å². The van der Waals surface area contributed by atoms with Gasteiger partial charge in [0.25, 0.3) is 0 Å². The molecule has 0 saturated carbocycles. The van der Waals surface area contributed by atoms with Gasteiger partial charge in [-0.3, -0.25) is 4.79 Å². The van der Waals surface area contributed by atoms with Crippen LogP contribution < -0.4 is 5.73 Å². The lowest BCUT2D eigenvalue weighted by Crippen LogP contribution is -2.37. The van der Waals surface area contributed by atoms with E-state index in [-0.39, 0.29) is 11.9 Å². The van der Waals surface area contributed by atoms with Crippen LogP contribution in [-0.2, 0) is 17.8 Å². The van der Waals surface area contributed by atoms with Gasteiger partial charge in [-0.1, -0.05) is 35.9 Å². The highest BCUT2D eigenvalue weighted by Crippen LogP contribution is 2.16. The zero-order valence-corrected chi connectivity index (χ0v) is 13.7. The molecule has 0 bridgehead atoms. The van der Waals surface area contributed by atoms with Crippen LogP contribution >= 0.6 is 11.6 Å². The quantitative estimate of drug-likeness (QED) is 0.850. The van der Waals surface area contributed by atoms with Gasteiger partial charge in [0.2, 0.25) is 5.91 Å². The van der Waals surface area contributed by atoms with Crippen molar-refractivity contribution in [3.05, 3.63) is 64.7 Å². The number of nitrogen functional groups attached to an aromatic ring is 1. The van der Waals surface area contributed by atoms with Crippen LogP contribution in [0.2, 0.25) is 5.02 Å². The Morgan fingerprint density at radius 2 is 1.82 bits per heavy atom. The van der Waals surface area contributed by atoms with E-state index in [0.717, 1.165) is 11.1 Å². The van der Waals surface area contributed by atoms with Gasteiger partial charge in [0.1, 0.15) is 0 Å². The number of halogens is 1. The van der Waals surface area contributed by atoms with Gasteiger partial charge in [0.15, 0.2) is 0 Å². The number of amides is 1. The lowest BCUT2D eigenvalue weighted by Gasteiger charge is -2.27. The number of hydrogen-bond donors (Lipinski definition) is 1. The van der Waals surface area contributed by atoms with Gasteiger partial charge in [-0.15, -0.1) is 0 Å². The third kappa shape index (κ3) is 4.50. The molecule has 1 amide bonds. The number of nitrogens with two attached hydrogens (primary N) is 1. The topological polar surface area (TPSA) is 46.3 Å². The van der Waals surface area contributed by atoms with Gasteiger partial charge in [0.05, 0.1) is 6.42 Å². The highest BCUT2D eigenvalue weighted by atomic mass is 35.5. The second kappa shape index (κ2) is 7.32. The minimum Gasteiger partial charge on any atom is -0.399 e. The molecule has 0 aromatic heterocycles. The van der Waals surface area contributed by atoms with Crippen molar-refractivity contribution in [1.29, 1.82) is 0 Å². The first-order chi connectivity index (χ1) is 10.5. The summed E-state index contributed by atoms with van der Waals surface area (Å²) in [4.78, 5) is 14.5. The number of benzene rings is 2.